The zero-order valence-electron chi connectivity index (χ0n) is 18.4. The molecule has 8 N–H and O–H groups in total. The van der Waals surface area contributed by atoms with E-state index in [2.05, 4.69) is 10.8 Å². The van der Waals surface area contributed by atoms with Gasteiger partial charge in [0.25, 0.3) is 0 Å². The van der Waals surface area contributed by atoms with E-state index in [1.54, 1.807) is 0 Å². The second kappa shape index (κ2) is 13.3. The molecule has 2 aromatic rings. The summed E-state index contributed by atoms with van der Waals surface area (Å²) < 4.78 is 21.3. The van der Waals surface area contributed by atoms with Gasteiger partial charge in [0.2, 0.25) is 13.3 Å². The third-order valence-corrected chi connectivity index (χ3v) is 7.00. The molecule has 0 spiro atoms. The number of carboxylic acids is 1. The summed E-state index contributed by atoms with van der Waals surface area (Å²) in [6.45, 7) is 2.76. The first kappa shape index (κ1) is 28.6. The minimum absolute atomic E-state index is 0.199. The highest BCUT2D eigenvalue weighted by molar-refractivity contribution is 7.58. The number of carboxylic acid groups (broad SMARTS) is 1. The standard InChI is InChI=1S/C21H27N2O5P.H2NO2P/c1-14(21(25)26)23-20(24)19(13-29(27,28)15(2)22)12-16-8-10-18(11-9-16)17-6-4-3-5-7-17;1-4(2)3/h3-11,14-15,19H,12-13,22H2,1-2H3,(H,23,24)(H,25,26)(H,27,28);(H2-,1,2,3)/p+1. The maximum atomic E-state index is 12.6. The Morgan fingerprint density at radius 2 is 1.55 bits per heavy atom. The van der Waals surface area contributed by atoms with Gasteiger partial charge in [0, 0.05) is 6.16 Å². The maximum absolute atomic E-state index is 12.6. The molecule has 0 saturated heterocycles. The Kier molecular flexibility index (Phi) is 11.5. The summed E-state index contributed by atoms with van der Waals surface area (Å²) in [6, 6.07) is 16.3. The molecule has 33 heavy (non-hydrogen) atoms. The van der Waals surface area contributed by atoms with Crippen molar-refractivity contribution in [2.45, 2.75) is 32.1 Å². The molecule has 2 rings (SSSR count). The second-order valence-corrected chi connectivity index (χ2v) is 10.8. The van der Waals surface area contributed by atoms with E-state index >= 15 is 0 Å². The van der Waals surface area contributed by atoms with E-state index in [-0.39, 0.29) is 12.6 Å². The molecule has 0 aliphatic carbocycles. The summed E-state index contributed by atoms with van der Waals surface area (Å²) in [7, 11) is -6.14. The van der Waals surface area contributed by atoms with Crippen LogP contribution in [-0.2, 0) is 25.1 Å². The number of nitrogens with two attached hydrogens (primary N) is 2. The fraction of sp³-hybridized carbons (Fsp3) is 0.333. The minimum Gasteiger partial charge on any atom is -0.480 e. The van der Waals surface area contributed by atoms with Gasteiger partial charge in [0.05, 0.1) is 11.7 Å². The Hall–Kier alpha value is -2.45. The topological polar surface area (TPSA) is 193 Å². The van der Waals surface area contributed by atoms with Gasteiger partial charge >= 0.3 is 14.1 Å². The van der Waals surface area contributed by atoms with Crippen molar-refractivity contribution in [3.8, 4) is 11.1 Å². The van der Waals surface area contributed by atoms with Gasteiger partial charge in [-0.3, -0.25) is 14.2 Å². The predicted octanol–water partition coefficient (Wildman–Crippen LogP) is 2.27. The van der Waals surface area contributed by atoms with Crippen molar-refractivity contribution in [2.75, 3.05) is 6.16 Å². The lowest BCUT2D eigenvalue weighted by Gasteiger charge is -2.23. The predicted molar refractivity (Wildman–Crippen MR) is 127 cm³/mol. The van der Waals surface area contributed by atoms with Crippen molar-refractivity contribution >= 4 is 27.4 Å². The van der Waals surface area contributed by atoms with Crippen LogP contribution < -0.4 is 16.6 Å². The quantitative estimate of drug-likeness (QED) is 0.281. The average Bonchev–Trinajstić information content (AvgIpc) is 2.73. The van der Waals surface area contributed by atoms with Crippen LogP contribution in [0, 0.1) is 5.92 Å². The lowest BCUT2D eigenvalue weighted by molar-refractivity contribution is -0.141. The van der Waals surface area contributed by atoms with Crippen LogP contribution in [0.5, 0.6) is 0 Å². The Labute approximate surface area is 193 Å². The molecular weight excluding hydrogens is 468 g/mol. The number of nitrogens with one attached hydrogen (secondary N) is 1. The highest BCUT2D eigenvalue weighted by atomic mass is 31.2. The Bertz CT molecular complexity index is 981. The number of aliphatic carboxylic acids is 1. The molecule has 5 unspecified atom stereocenters. The van der Waals surface area contributed by atoms with E-state index < -0.39 is 45.2 Å². The molecule has 10 nitrogen and oxygen atoms in total. The number of hydrogen-bond acceptors (Lipinski definition) is 5. The zero-order valence-corrected chi connectivity index (χ0v) is 20.2. The molecule has 180 valence electrons. The van der Waals surface area contributed by atoms with Crippen molar-refractivity contribution in [2.24, 2.45) is 17.2 Å². The third kappa shape index (κ3) is 10.4. The molecule has 0 fully saturated rings. The molecular formula is C21H30N3O7P2+. The number of benzene rings is 2. The van der Waals surface area contributed by atoms with E-state index in [4.69, 9.17) is 20.3 Å². The fourth-order valence-corrected chi connectivity index (χ4v) is 4.12. The largest absolute Gasteiger partial charge is 0.607 e. The van der Waals surface area contributed by atoms with E-state index in [0.29, 0.717) is 0 Å². The van der Waals surface area contributed by atoms with Crippen molar-refractivity contribution in [1.29, 1.82) is 0 Å². The van der Waals surface area contributed by atoms with Gasteiger partial charge in [-0.25, -0.2) is 0 Å². The van der Waals surface area contributed by atoms with Gasteiger partial charge in [-0.1, -0.05) is 60.1 Å². The highest BCUT2D eigenvalue weighted by Crippen LogP contribution is 2.46. The summed E-state index contributed by atoms with van der Waals surface area (Å²) in [5.74, 6) is -3.61. The van der Waals surface area contributed by atoms with E-state index in [9.17, 15) is 19.0 Å². The van der Waals surface area contributed by atoms with Crippen LogP contribution in [-0.4, -0.2) is 44.8 Å². The molecule has 0 aliphatic heterocycles. The van der Waals surface area contributed by atoms with Crippen LogP contribution >= 0.6 is 15.5 Å². The zero-order chi connectivity index (χ0) is 25.2. The lowest BCUT2D eigenvalue weighted by atomic mass is 9.97. The molecule has 0 aliphatic rings. The number of hydrogen-bond donors (Lipinski definition) is 6. The summed E-state index contributed by atoms with van der Waals surface area (Å²) in [5.41, 5.74) is 12.7. The molecule has 5 atom stereocenters. The van der Waals surface area contributed by atoms with Crippen molar-refractivity contribution in [1.82, 2.24) is 5.32 Å². The van der Waals surface area contributed by atoms with Crippen molar-refractivity contribution in [3.05, 3.63) is 60.2 Å². The van der Waals surface area contributed by atoms with E-state index in [0.717, 1.165) is 16.7 Å². The first-order valence-electron chi connectivity index (χ1n) is 9.99. The van der Waals surface area contributed by atoms with Gasteiger partial charge in [0.1, 0.15) is 6.04 Å². The third-order valence-electron chi connectivity index (χ3n) is 4.76. The van der Waals surface area contributed by atoms with Crippen LogP contribution in [0.15, 0.2) is 54.6 Å². The van der Waals surface area contributed by atoms with Crippen LogP contribution in [0.3, 0.4) is 0 Å². The monoisotopic (exact) mass is 498 g/mol. The molecule has 0 saturated carbocycles. The average molecular weight is 498 g/mol. The summed E-state index contributed by atoms with van der Waals surface area (Å²) in [4.78, 5) is 41.1. The first-order valence-corrected chi connectivity index (χ1v) is 13.2. The number of carbonyl (C=O) groups excluding carboxylic acids is 1. The van der Waals surface area contributed by atoms with Crippen molar-refractivity contribution < 1.29 is 33.6 Å². The normalized spacial score (nSPS) is 15.6. The van der Waals surface area contributed by atoms with Gasteiger partial charge in [-0.2, -0.15) is 0 Å². The molecule has 0 aromatic heterocycles. The molecule has 0 radical (unpaired) electrons. The Balaban J connectivity index is 0.00000125. The van der Waals surface area contributed by atoms with Crippen LogP contribution in [0.4, 0.5) is 0 Å². The second-order valence-electron chi connectivity index (χ2n) is 7.51. The minimum atomic E-state index is -3.77. The molecule has 12 heteroatoms. The Morgan fingerprint density at radius 1 is 1.06 bits per heavy atom. The number of rotatable bonds is 9. The first-order chi connectivity index (χ1) is 15.3. The summed E-state index contributed by atoms with van der Waals surface area (Å²) in [6.07, 6.45) is -0.117. The van der Waals surface area contributed by atoms with Crippen LogP contribution in [0.1, 0.15) is 19.4 Å². The lowest BCUT2D eigenvalue weighted by Crippen LogP contribution is -2.43. The molecule has 0 bridgehead atoms. The molecule has 0 heterocycles. The van der Waals surface area contributed by atoms with Gasteiger partial charge < -0.3 is 21.1 Å². The van der Waals surface area contributed by atoms with Crippen LogP contribution in [0.2, 0.25) is 0 Å². The fourth-order valence-electron chi connectivity index (χ4n) is 2.86. The maximum Gasteiger partial charge on any atom is 0.607 e. The smallest absolute Gasteiger partial charge is 0.480 e. The SMILES string of the molecule is CC(NC(=O)C(Cc1ccc(-c2ccccc2)cc1)CP(=O)(O)C(C)N)C(=O)O.N[P+](=O)O. The van der Waals surface area contributed by atoms with Gasteiger partial charge in [-0.05, 0) is 41.5 Å². The number of carbonyl (C=O) groups is 2. The van der Waals surface area contributed by atoms with Crippen molar-refractivity contribution in [3.63, 3.8) is 0 Å². The van der Waals surface area contributed by atoms with E-state index in [1.165, 1.54) is 13.8 Å². The summed E-state index contributed by atoms with van der Waals surface area (Å²) >= 11 is 0. The van der Waals surface area contributed by atoms with Crippen LogP contribution in [0.25, 0.3) is 11.1 Å². The van der Waals surface area contributed by atoms with E-state index in [1.807, 2.05) is 54.6 Å². The molecule has 1 amide bonds. The van der Waals surface area contributed by atoms with Gasteiger partial charge in [-0.15, -0.1) is 4.89 Å². The number of amides is 1. The molecule has 2 aromatic carbocycles. The highest BCUT2D eigenvalue weighted by Gasteiger charge is 2.33. The summed E-state index contributed by atoms with van der Waals surface area (Å²) in [5, 5.41) is 11.4. The Morgan fingerprint density at radius 3 is 2.00 bits per heavy atom. The van der Waals surface area contributed by atoms with Gasteiger partial charge in [0.15, 0.2) is 0 Å².